The number of fused-ring (bicyclic) bond motifs is 1. The van der Waals surface area contributed by atoms with Gasteiger partial charge >= 0.3 is 0 Å². The van der Waals surface area contributed by atoms with Crippen LogP contribution in [0.2, 0.25) is 0 Å². The maximum absolute atomic E-state index is 12.3. The lowest BCUT2D eigenvalue weighted by Crippen LogP contribution is -2.27. The molecule has 0 aliphatic rings. The van der Waals surface area contributed by atoms with Gasteiger partial charge in [0.2, 0.25) is 0 Å². The van der Waals surface area contributed by atoms with Gasteiger partial charge < -0.3 is 20.9 Å². The van der Waals surface area contributed by atoms with E-state index in [4.69, 9.17) is 0 Å². The molecular formula is C27H32N8O. The molecule has 36 heavy (non-hydrogen) atoms. The fourth-order valence-electron chi connectivity index (χ4n) is 4.07. The lowest BCUT2D eigenvalue weighted by Gasteiger charge is -2.18. The first-order valence-corrected chi connectivity index (χ1v) is 12.0. The van der Waals surface area contributed by atoms with Gasteiger partial charge in [-0.1, -0.05) is 25.1 Å². The third-order valence-corrected chi connectivity index (χ3v) is 6.19. The van der Waals surface area contributed by atoms with Gasteiger partial charge in [0.15, 0.2) is 0 Å². The fourth-order valence-corrected chi connectivity index (χ4v) is 4.07. The summed E-state index contributed by atoms with van der Waals surface area (Å²) in [7, 11) is 5.60. The molecule has 186 valence electrons. The third kappa shape index (κ3) is 5.58. The number of carbonyl (C=O) groups is 1. The zero-order valence-electron chi connectivity index (χ0n) is 21.1. The molecule has 0 spiro atoms. The Hall–Kier alpha value is -4.11. The molecule has 0 saturated heterocycles. The van der Waals surface area contributed by atoms with E-state index >= 15 is 0 Å². The number of nitrogens with one attached hydrogen (secondary N) is 3. The summed E-state index contributed by atoms with van der Waals surface area (Å²) in [5, 5.41) is 10.1. The molecule has 1 amide bonds. The highest BCUT2D eigenvalue weighted by Crippen LogP contribution is 2.27. The van der Waals surface area contributed by atoms with Gasteiger partial charge in [-0.05, 0) is 30.8 Å². The number of benzene rings is 1. The molecule has 4 aromatic rings. The van der Waals surface area contributed by atoms with Crippen LogP contribution < -0.4 is 20.9 Å². The Morgan fingerprint density at radius 3 is 2.67 bits per heavy atom. The predicted octanol–water partition coefficient (Wildman–Crippen LogP) is 3.32. The van der Waals surface area contributed by atoms with E-state index in [-0.39, 0.29) is 11.8 Å². The monoisotopic (exact) mass is 484 g/mol. The summed E-state index contributed by atoms with van der Waals surface area (Å²) in [6, 6.07) is 13.7. The van der Waals surface area contributed by atoms with Gasteiger partial charge in [0, 0.05) is 69.1 Å². The van der Waals surface area contributed by atoms with Gasteiger partial charge in [0.1, 0.15) is 18.0 Å². The first-order chi connectivity index (χ1) is 17.5. The van der Waals surface area contributed by atoms with Gasteiger partial charge in [-0.15, -0.1) is 0 Å². The average molecular weight is 485 g/mol. The van der Waals surface area contributed by atoms with Crippen molar-refractivity contribution in [3.63, 3.8) is 0 Å². The van der Waals surface area contributed by atoms with Crippen molar-refractivity contribution in [2.24, 2.45) is 0 Å². The lowest BCUT2D eigenvalue weighted by atomic mass is 9.96. The number of nitrogens with zero attached hydrogens (tertiary/aromatic N) is 5. The van der Waals surface area contributed by atoms with Gasteiger partial charge in [-0.2, -0.15) is 0 Å². The van der Waals surface area contributed by atoms with E-state index in [2.05, 4.69) is 53.8 Å². The van der Waals surface area contributed by atoms with Crippen LogP contribution in [0.15, 0.2) is 61.2 Å². The van der Waals surface area contributed by atoms with Crippen LogP contribution in [0.25, 0.3) is 22.2 Å². The Bertz CT molecular complexity index is 1330. The van der Waals surface area contributed by atoms with E-state index in [9.17, 15) is 4.79 Å². The zero-order chi connectivity index (χ0) is 25.5. The van der Waals surface area contributed by atoms with Crippen LogP contribution in [0.5, 0.6) is 0 Å². The minimum absolute atomic E-state index is 0.119. The van der Waals surface area contributed by atoms with Crippen molar-refractivity contribution in [2.75, 3.05) is 51.0 Å². The Kier molecular flexibility index (Phi) is 8.02. The number of carbonyl (C=O) groups excluding carboxylic acids is 1. The van der Waals surface area contributed by atoms with Crippen molar-refractivity contribution >= 4 is 28.4 Å². The van der Waals surface area contributed by atoms with E-state index in [0.29, 0.717) is 12.1 Å². The quantitative estimate of drug-likeness (QED) is 0.315. The number of rotatable bonds is 10. The van der Waals surface area contributed by atoms with E-state index in [1.165, 1.54) is 0 Å². The molecular weight excluding hydrogens is 452 g/mol. The Labute approximate surface area is 211 Å². The van der Waals surface area contributed by atoms with Crippen LogP contribution in [-0.4, -0.2) is 66.6 Å². The number of likely N-dealkylation sites (N-methyl/N-ethyl adjacent to an activating group) is 2. The van der Waals surface area contributed by atoms with E-state index in [1.807, 2.05) is 50.6 Å². The summed E-state index contributed by atoms with van der Waals surface area (Å²) in [4.78, 5) is 32.4. The number of hydrogen-bond acceptors (Lipinski definition) is 8. The molecule has 9 nitrogen and oxygen atoms in total. The van der Waals surface area contributed by atoms with Gasteiger partial charge in [0.05, 0.1) is 16.8 Å². The van der Waals surface area contributed by atoms with Crippen molar-refractivity contribution in [3.05, 3.63) is 72.3 Å². The van der Waals surface area contributed by atoms with Gasteiger partial charge in [0.25, 0.3) is 5.91 Å². The summed E-state index contributed by atoms with van der Waals surface area (Å²) >= 11 is 0. The number of anilines is 2. The molecule has 0 saturated carbocycles. The topological polar surface area (TPSA) is 108 Å². The number of hydrogen-bond donors (Lipinski definition) is 3. The molecule has 1 atom stereocenters. The summed E-state index contributed by atoms with van der Waals surface area (Å²) in [6.45, 7) is 4.55. The molecule has 0 radical (unpaired) electrons. The molecule has 0 aliphatic heterocycles. The predicted molar refractivity (Wildman–Crippen MR) is 144 cm³/mol. The number of para-hydroxylation sites is 1. The largest absolute Gasteiger partial charge is 0.369 e. The van der Waals surface area contributed by atoms with E-state index in [1.54, 1.807) is 25.6 Å². The maximum atomic E-state index is 12.3. The molecule has 0 unspecified atom stereocenters. The summed E-state index contributed by atoms with van der Waals surface area (Å²) in [5.74, 6) is 1.67. The van der Waals surface area contributed by atoms with Gasteiger partial charge in [-0.25, -0.2) is 15.0 Å². The lowest BCUT2D eigenvalue weighted by molar-refractivity contribution is 0.0964. The van der Waals surface area contributed by atoms with Crippen LogP contribution in [0.4, 0.5) is 11.6 Å². The van der Waals surface area contributed by atoms with Crippen LogP contribution >= 0.6 is 0 Å². The highest BCUT2D eigenvalue weighted by molar-refractivity contribution is 6.06. The fraction of sp³-hybridized carbons (Fsp3) is 0.296. The molecule has 3 heterocycles. The number of aromatic nitrogens is 4. The molecule has 0 bridgehead atoms. The second-order valence-corrected chi connectivity index (χ2v) is 8.68. The van der Waals surface area contributed by atoms with Crippen molar-refractivity contribution < 1.29 is 4.79 Å². The Balaban J connectivity index is 1.47. The van der Waals surface area contributed by atoms with Crippen molar-refractivity contribution in [2.45, 2.75) is 12.8 Å². The Morgan fingerprint density at radius 1 is 1.06 bits per heavy atom. The van der Waals surface area contributed by atoms with Crippen molar-refractivity contribution in [1.29, 1.82) is 0 Å². The minimum Gasteiger partial charge on any atom is -0.369 e. The van der Waals surface area contributed by atoms with E-state index < -0.39 is 0 Å². The molecule has 9 heteroatoms. The molecule has 0 aliphatic carbocycles. The normalized spacial score (nSPS) is 11.8. The van der Waals surface area contributed by atoms with Crippen LogP contribution in [0.3, 0.4) is 0 Å². The minimum atomic E-state index is -0.119. The van der Waals surface area contributed by atoms with Crippen LogP contribution in [-0.2, 0) is 0 Å². The smallest absolute Gasteiger partial charge is 0.251 e. The first-order valence-electron chi connectivity index (χ1n) is 12.0. The maximum Gasteiger partial charge on any atom is 0.251 e. The van der Waals surface area contributed by atoms with Crippen molar-refractivity contribution in [3.8, 4) is 11.3 Å². The first kappa shape index (κ1) is 25.0. The number of amides is 1. The summed E-state index contributed by atoms with van der Waals surface area (Å²) in [5.41, 5.74) is 4.26. The van der Waals surface area contributed by atoms with E-state index in [0.717, 1.165) is 52.4 Å². The second kappa shape index (κ2) is 11.5. The zero-order valence-corrected chi connectivity index (χ0v) is 21.1. The van der Waals surface area contributed by atoms with Crippen LogP contribution in [0, 0.1) is 0 Å². The second-order valence-electron chi connectivity index (χ2n) is 8.68. The summed E-state index contributed by atoms with van der Waals surface area (Å²) in [6.07, 6.45) is 5.08. The standard InChI is InChI=1S/C27H32N8O/c1-18(20-6-5-7-21-22(27(36)29-3)10-11-30-26(20)21)15-31-24-14-23(33-17-34-24)19-8-9-25(32-16-19)35(4)13-12-28-2/h5-11,14,16-18,28H,12-13,15H2,1-4H3,(H,29,36)(H,31,33,34)/t18-/m1/s1. The highest BCUT2D eigenvalue weighted by atomic mass is 16.1. The molecule has 1 aromatic carbocycles. The molecule has 3 aromatic heterocycles. The molecule has 3 N–H and O–H groups in total. The average Bonchev–Trinajstić information content (AvgIpc) is 2.93. The van der Waals surface area contributed by atoms with Gasteiger partial charge in [-0.3, -0.25) is 9.78 Å². The SMILES string of the molecule is CNCCN(C)c1ccc(-c2cc(NC[C@@H](C)c3cccc4c(C(=O)NC)ccnc34)ncn2)cn1. The van der Waals surface area contributed by atoms with Crippen LogP contribution in [0.1, 0.15) is 28.8 Å². The third-order valence-electron chi connectivity index (χ3n) is 6.19. The van der Waals surface area contributed by atoms with Crippen molar-refractivity contribution in [1.82, 2.24) is 30.6 Å². The molecule has 0 fully saturated rings. The molecule has 4 rings (SSSR count). The Morgan fingerprint density at radius 2 is 1.92 bits per heavy atom. The highest BCUT2D eigenvalue weighted by Gasteiger charge is 2.15. The number of pyridine rings is 2. The summed E-state index contributed by atoms with van der Waals surface area (Å²) < 4.78 is 0.